The number of carbonyl (C=O) groups excluding carboxylic acids is 1. The van der Waals surface area contributed by atoms with Gasteiger partial charge >= 0.3 is 12.3 Å². The number of aromatic nitrogens is 5. The summed E-state index contributed by atoms with van der Waals surface area (Å²) in [5.74, 6) is -0.615. The summed E-state index contributed by atoms with van der Waals surface area (Å²) in [6.07, 6.45) is -1.06. The van der Waals surface area contributed by atoms with Gasteiger partial charge in [-0.2, -0.15) is 23.4 Å². The van der Waals surface area contributed by atoms with E-state index in [2.05, 4.69) is 19.9 Å². The first-order chi connectivity index (χ1) is 18.3. The number of ether oxygens (including phenoxy) is 2. The molecule has 0 atom stereocenters. The topological polar surface area (TPSA) is 119 Å². The number of likely N-dealkylation sites (tertiary alicyclic amines) is 1. The Kier molecular flexibility index (Phi) is 7.68. The lowest BCUT2D eigenvalue weighted by Gasteiger charge is -2.33. The number of amides is 1. The Hall–Kier alpha value is -3.95. The monoisotopic (exact) mass is 545 g/mol. The molecule has 1 saturated heterocycles. The quantitative estimate of drug-likeness (QED) is 0.438. The fraction of sp³-hybridized carbons (Fsp3) is 0.538. The zero-order valence-corrected chi connectivity index (χ0v) is 22.5. The van der Waals surface area contributed by atoms with Crippen molar-refractivity contribution in [3.05, 3.63) is 29.5 Å². The van der Waals surface area contributed by atoms with Crippen molar-refractivity contribution in [2.24, 2.45) is 13.0 Å². The van der Waals surface area contributed by atoms with E-state index in [9.17, 15) is 23.2 Å². The summed E-state index contributed by atoms with van der Waals surface area (Å²) in [5.41, 5.74) is 0.440. The average molecular weight is 546 g/mol. The molecule has 0 aromatic carbocycles. The van der Waals surface area contributed by atoms with E-state index in [1.54, 1.807) is 24.0 Å². The molecule has 1 aliphatic rings. The molecule has 4 heterocycles. The Bertz CT molecular complexity index is 1420. The number of rotatable bonds is 5. The van der Waals surface area contributed by atoms with E-state index in [0.717, 1.165) is 23.8 Å². The lowest BCUT2D eigenvalue weighted by Crippen LogP contribution is -2.41. The molecule has 0 saturated carbocycles. The molecule has 13 heteroatoms. The van der Waals surface area contributed by atoms with Gasteiger partial charge in [0.25, 0.3) is 0 Å². The molecule has 1 fully saturated rings. The number of hydrogen-bond acceptors (Lipinski definition) is 8. The van der Waals surface area contributed by atoms with Crippen LogP contribution >= 0.6 is 0 Å². The van der Waals surface area contributed by atoms with Crippen LogP contribution in [0.5, 0.6) is 5.88 Å². The second kappa shape index (κ2) is 10.7. The van der Waals surface area contributed by atoms with Gasteiger partial charge in [0.2, 0.25) is 17.5 Å². The van der Waals surface area contributed by atoms with E-state index in [1.165, 1.54) is 13.2 Å². The molecule has 4 rings (SSSR count). The Morgan fingerprint density at radius 3 is 2.46 bits per heavy atom. The third-order valence-electron chi connectivity index (χ3n) is 6.41. The third-order valence-corrected chi connectivity index (χ3v) is 6.41. The summed E-state index contributed by atoms with van der Waals surface area (Å²) in [7, 11) is 1.19. The number of imidazole rings is 1. The fourth-order valence-corrected chi connectivity index (χ4v) is 4.46. The number of piperidine rings is 1. The fourth-order valence-electron chi connectivity index (χ4n) is 4.46. The van der Waals surface area contributed by atoms with Gasteiger partial charge in [0, 0.05) is 37.5 Å². The molecule has 0 aliphatic carbocycles. The second-order valence-electron chi connectivity index (χ2n) is 10.6. The van der Waals surface area contributed by atoms with Crippen molar-refractivity contribution in [2.75, 3.05) is 19.7 Å². The maximum atomic E-state index is 13.4. The number of pyridine rings is 1. The standard InChI is InChI=1S/C26H30F3N7O3/c1-15-12-17(19-20-21(33-18(13-30)32-19)35(5)23(34-20)26(27,28)29)14-31-22(15)38-11-8-16-6-9-36(10-7-16)24(37)39-25(2,3)4/h12,14,16H,6-11H2,1-5H3. The molecule has 0 spiro atoms. The molecule has 3 aromatic heterocycles. The first kappa shape index (κ1) is 28.1. The van der Waals surface area contributed by atoms with Crippen LogP contribution in [0.15, 0.2) is 12.3 Å². The number of aryl methyl sites for hydroxylation is 2. The van der Waals surface area contributed by atoms with Crippen molar-refractivity contribution in [1.82, 2.24) is 29.4 Å². The molecule has 10 nitrogen and oxygen atoms in total. The lowest BCUT2D eigenvalue weighted by molar-refractivity contribution is -0.146. The highest BCUT2D eigenvalue weighted by molar-refractivity contribution is 5.88. The maximum absolute atomic E-state index is 13.4. The highest BCUT2D eigenvalue weighted by Crippen LogP contribution is 2.34. The molecule has 1 amide bonds. The summed E-state index contributed by atoms with van der Waals surface area (Å²) in [6, 6.07) is 3.48. The number of alkyl halides is 3. The van der Waals surface area contributed by atoms with Crippen LogP contribution in [0.2, 0.25) is 0 Å². The normalized spacial score (nSPS) is 14.9. The zero-order valence-electron chi connectivity index (χ0n) is 22.5. The number of fused-ring (bicyclic) bond motifs is 1. The molecular weight excluding hydrogens is 515 g/mol. The maximum Gasteiger partial charge on any atom is 0.449 e. The van der Waals surface area contributed by atoms with E-state index in [-0.39, 0.29) is 28.8 Å². The summed E-state index contributed by atoms with van der Waals surface area (Å²) < 4.78 is 52.5. The van der Waals surface area contributed by atoms with Crippen molar-refractivity contribution in [1.29, 1.82) is 5.26 Å². The highest BCUT2D eigenvalue weighted by Gasteiger charge is 2.38. The largest absolute Gasteiger partial charge is 0.477 e. The van der Waals surface area contributed by atoms with Gasteiger partial charge in [0.05, 0.1) is 6.61 Å². The van der Waals surface area contributed by atoms with Crippen LogP contribution in [-0.2, 0) is 18.0 Å². The smallest absolute Gasteiger partial charge is 0.449 e. The number of nitrogens with zero attached hydrogens (tertiary/aromatic N) is 7. The van der Waals surface area contributed by atoms with Crippen LogP contribution in [0.3, 0.4) is 0 Å². The molecule has 0 bridgehead atoms. The van der Waals surface area contributed by atoms with Crippen molar-refractivity contribution in [3.8, 4) is 23.2 Å². The summed E-state index contributed by atoms with van der Waals surface area (Å²) in [6.45, 7) is 9.00. The number of nitriles is 1. The Labute approximate surface area is 223 Å². The number of halogens is 3. The molecule has 0 unspecified atom stereocenters. The minimum Gasteiger partial charge on any atom is -0.477 e. The van der Waals surface area contributed by atoms with Crippen molar-refractivity contribution in [3.63, 3.8) is 0 Å². The number of carbonyl (C=O) groups is 1. The number of hydrogen-bond donors (Lipinski definition) is 0. The van der Waals surface area contributed by atoms with E-state index >= 15 is 0 Å². The first-order valence-electron chi connectivity index (χ1n) is 12.6. The van der Waals surface area contributed by atoms with E-state index in [0.29, 0.717) is 42.6 Å². The summed E-state index contributed by atoms with van der Waals surface area (Å²) in [4.78, 5) is 30.1. The molecule has 0 radical (unpaired) electrons. The summed E-state index contributed by atoms with van der Waals surface area (Å²) >= 11 is 0. The summed E-state index contributed by atoms with van der Waals surface area (Å²) in [5, 5.41) is 9.33. The predicted molar refractivity (Wildman–Crippen MR) is 135 cm³/mol. The van der Waals surface area contributed by atoms with Crippen LogP contribution in [0.1, 0.15) is 57.2 Å². The van der Waals surface area contributed by atoms with E-state index < -0.39 is 17.6 Å². The molecule has 208 valence electrons. The Morgan fingerprint density at radius 2 is 1.87 bits per heavy atom. The van der Waals surface area contributed by atoms with Crippen LogP contribution in [0.4, 0.5) is 18.0 Å². The highest BCUT2D eigenvalue weighted by atomic mass is 19.4. The minimum absolute atomic E-state index is 0.0728. The molecule has 0 N–H and O–H groups in total. The Morgan fingerprint density at radius 1 is 1.18 bits per heavy atom. The SMILES string of the molecule is Cc1cc(-c2nc(C#N)nc3c2nc(C(F)(F)F)n3C)cnc1OCCC1CCN(C(=O)OC(C)(C)C)CC1. The van der Waals surface area contributed by atoms with Gasteiger partial charge in [0.1, 0.15) is 22.9 Å². The molecular formula is C26H30F3N7O3. The van der Waals surface area contributed by atoms with Gasteiger partial charge in [-0.05, 0) is 58.9 Å². The van der Waals surface area contributed by atoms with Gasteiger partial charge in [-0.15, -0.1) is 0 Å². The minimum atomic E-state index is -4.70. The first-order valence-corrected chi connectivity index (χ1v) is 12.6. The van der Waals surface area contributed by atoms with Crippen LogP contribution in [0, 0.1) is 24.2 Å². The van der Waals surface area contributed by atoms with Gasteiger partial charge < -0.3 is 18.9 Å². The van der Waals surface area contributed by atoms with Gasteiger partial charge in [-0.25, -0.2) is 19.7 Å². The van der Waals surface area contributed by atoms with E-state index in [4.69, 9.17) is 9.47 Å². The molecule has 3 aromatic rings. The van der Waals surface area contributed by atoms with Crippen LogP contribution in [0.25, 0.3) is 22.4 Å². The van der Waals surface area contributed by atoms with Crippen LogP contribution < -0.4 is 4.74 Å². The van der Waals surface area contributed by atoms with Crippen molar-refractivity contribution < 1.29 is 27.4 Å². The molecule has 1 aliphatic heterocycles. The average Bonchev–Trinajstić information content (AvgIpc) is 3.20. The second-order valence-corrected chi connectivity index (χ2v) is 10.6. The predicted octanol–water partition coefficient (Wildman–Crippen LogP) is 5.04. The van der Waals surface area contributed by atoms with Crippen LogP contribution in [-0.4, -0.2) is 60.8 Å². The lowest BCUT2D eigenvalue weighted by atomic mass is 9.94. The zero-order chi connectivity index (χ0) is 28.5. The van der Waals surface area contributed by atoms with Gasteiger partial charge in [0.15, 0.2) is 5.65 Å². The van der Waals surface area contributed by atoms with Crippen molar-refractivity contribution in [2.45, 2.75) is 58.7 Å². The Balaban J connectivity index is 1.42. The van der Waals surface area contributed by atoms with Crippen molar-refractivity contribution >= 4 is 17.3 Å². The van der Waals surface area contributed by atoms with Gasteiger partial charge in [-0.1, -0.05) is 0 Å². The molecule has 39 heavy (non-hydrogen) atoms. The van der Waals surface area contributed by atoms with Gasteiger partial charge in [-0.3, -0.25) is 0 Å². The van der Waals surface area contributed by atoms with E-state index in [1.807, 2.05) is 20.8 Å². The third kappa shape index (κ3) is 6.38.